The third-order valence-corrected chi connectivity index (χ3v) is 2.78. The van der Waals surface area contributed by atoms with Crippen LogP contribution in [0.5, 0.6) is 0 Å². The molecule has 2 heterocycles. The van der Waals surface area contributed by atoms with E-state index >= 15 is 0 Å². The van der Waals surface area contributed by atoms with Crippen molar-refractivity contribution in [1.29, 1.82) is 0 Å². The van der Waals surface area contributed by atoms with Crippen LogP contribution in [0.1, 0.15) is 47.5 Å². The molecule has 80 valence electrons. The Balaban J connectivity index is 0.000000322. The standard InChI is InChI=1S/C8H15N.2C2H6/c1-8-3-7(4-8)5-9(2)6-8;2*1-2/h7H,3-6H2,1-2H3;2*1-2H3. The van der Waals surface area contributed by atoms with Crippen LogP contribution >= 0.6 is 0 Å². The van der Waals surface area contributed by atoms with E-state index < -0.39 is 0 Å². The number of hydrogen-bond donors (Lipinski definition) is 0. The van der Waals surface area contributed by atoms with Gasteiger partial charge in [-0.15, -0.1) is 0 Å². The Kier molecular flexibility index (Phi) is 5.62. The summed E-state index contributed by atoms with van der Waals surface area (Å²) in [6.07, 6.45) is 2.99. The number of fused-ring (bicyclic) bond motifs is 2. The second-order valence-electron chi connectivity index (χ2n) is 4.28. The predicted octanol–water partition coefficient (Wildman–Crippen LogP) is 3.40. The van der Waals surface area contributed by atoms with Crippen LogP contribution in [0.15, 0.2) is 0 Å². The Morgan fingerprint density at radius 2 is 1.54 bits per heavy atom. The van der Waals surface area contributed by atoms with Gasteiger partial charge in [-0.05, 0) is 31.2 Å². The van der Waals surface area contributed by atoms with E-state index in [9.17, 15) is 0 Å². The van der Waals surface area contributed by atoms with Gasteiger partial charge in [0.15, 0.2) is 0 Å². The lowest BCUT2D eigenvalue weighted by Crippen LogP contribution is -2.53. The minimum atomic E-state index is 0.720. The fourth-order valence-corrected chi connectivity index (χ4v) is 2.75. The maximum absolute atomic E-state index is 2.47. The fraction of sp³-hybridized carbons (Fsp3) is 1.00. The molecule has 3 rings (SSSR count). The Labute approximate surface area is 84.5 Å². The molecule has 1 heteroatoms. The second-order valence-corrected chi connectivity index (χ2v) is 4.28. The van der Waals surface area contributed by atoms with Crippen molar-refractivity contribution in [2.24, 2.45) is 11.3 Å². The van der Waals surface area contributed by atoms with Crippen molar-refractivity contribution >= 4 is 0 Å². The molecule has 0 aromatic heterocycles. The van der Waals surface area contributed by atoms with Crippen molar-refractivity contribution in [2.75, 3.05) is 20.1 Å². The van der Waals surface area contributed by atoms with Crippen molar-refractivity contribution in [2.45, 2.75) is 47.5 Å². The van der Waals surface area contributed by atoms with Gasteiger partial charge in [0, 0.05) is 13.1 Å². The Morgan fingerprint density at radius 1 is 1.08 bits per heavy atom. The van der Waals surface area contributed by atoms with Gasteiger partial charge in [0.25, 0.3) is 0 Å². The highest BCUT2D eigenvalue weighted by Gasteiger charge is 2.45. The van der Waals surface area contributed by atoms with E-state index in [-0.39, 0.29) is 0 Å². The van der Waals surface area contributed by atoms with Gasteiger partial charge in [0.05, 0.1) is 0 Å². The molecule has 3 fully saturated rings. The first-order valence-corrected chi connectivity index (χ1v) is 5.87. The molecule has 0 amide bonds. The molecule has 0 spiro atoms. The lowest BCUT2D eigenvalue weighted by Gasteiger charge is -2.54. The number of piperidine rings is 2. The largest absolute Gasteiger partial charge is 0.306 e. The summed E-state index contributed by atoms with van der Waals surface area (Å²) in [5.41, 5.74) is 0.720. The predicted molar refractivity (Wildman–Crippen MR) is 61.0 cm³/mol. The highest BCUT2D eigenvalue weighted by molar-refractivity contribution is 4.97. The highest BCUT2D eigenvalue weighted by Crippen LogP contribution is 2.49. The summed E-state index contributed by atoms with van der Waals surface area (Å²) >= 11 is 0. The Morgan fingerprint density at radius 3 is 1.77 bits per heavy atom. The summed E-state index contributed by atoms with van der Waals surface area (Å²) in [4.78, 5) is 2.47. The number of hydrogen-bond acceptors (Lipinski definition) is 1. The van der Waals surface area contributed by atoms with Gasteiger partial charge >= 0.3 is 0 Å². The third kappa shape index (κ3) is 3.30. The van der Waals surface area contributed by atoms with Crippen LogP contribution in [-0.4, -0.2) is 25.0 Å². The molecule has 1 aliphatic carbocycles. The molecule has 2 saturated heterocycles. The zero-order valence-electron chi connectivity index (χ0n) is 10.4. The van der Waals surface area contributed by atoms with Crippen LogP contribution in [0.4, 0.5) is 0 Å². The quantitative estimate of drug-likeness (QED) is 0.559. The zero-order chi connectivity index (χ0) is 10.5. The molecule has 0 aromatic carbocycles. The first-order chi connectivity index (χ1) is 6.18. The average molecular weight is 185 g/mol. The van der Waals surface area contributed by atoms with E-state index in [4.69, 9.17) is 0 Å². The molecule has 3 aliphatic rings. The van der Waals surface area contributed by atoms with Crippen LogP contribution in [0.25, 0.3) is 0 Å². The SMILES string of the molecule is CC.CC.CN1CC2CC(C)(C2)C1. The summed E-state index contributed by atoms with van der Waals surface area (Å²) in [5, 5.41) is 0. The van der Waals surface area contributed by atoms with Gasteiger partial charge in [-0.1, -0.05) is 34.6 Å². The maximum Gasteiger partial charge on any atom is 0.00326 e. The van der Waals surface area contributed by atoms with Crippen LogP contribution < -0.4 is 0 Å². The molecule has 0 aromatic rings. The Bertz CT molecular complexity index is 122. The van der Waals surface area contributed by atoms with E-state index in [1.54, 1.807) is 0 Å². The topological polar surface area (TPSA) is 3.24 Å². The van der Waals surface area contributed by atoms with E-state index in [2.05, 4.69) is 18.9 Å². The van der Waals surface area contributed by atoms with Gasteiger partial charge in [-0.2, -0.15) is 0 Å². The molecule has 0 radical (unpaired) electrons. The molecule has 0 N–H and O–H groups in total. The molecule has 1 nitrogen and oxygen atoms in total. The molecular weight excluding hydrogens is 158 g/mol. The van der Waals surface area contributed by atoms with Crippen molar-refractivity contribution in [1.82, 2.24) is 4.90 Å². The molecule has 2 aliphatic heterocycles. The van der Waals surface area contributed by atoms with Crippen molar-refractivity contribution < 1.29 is 0 Å². The molecule has 13 heavy (non-hydrogen) atoms. The normalized spacial score (nSPS) is 36.0. The fourth-order valence-electron chi connectivity index (χ4n) is 2.75. The second kappa shape index (κ2) is 5.64. The molecular formula is C12H27N. The van der Waals surface area contributed by atoms with E-state index in [1.165, 1.54) is 25.9 Å². The summed E-state index contributed by atoms with van der Waals surface area (Å²) in [5.74, 6) is 1.05. The van der Waals surface area contributed by atoms with Crippen molar-refractivity contribution in [3.8, 4) is 0 Å². The van der Waals surface area contributed by atoms with Crippen LogP contribution in [0.3, 0.4) is 0 Å². The van der Waals surface area contributed by atoms with Gasteiger partial charge < -0.3 is 4.90 Å². The lowest BCUT2D eigenvalue weighted by atomic mass is 9.60. The summed E-state index contributed by atoms with van der Waals surface area (Å²) in [6.45, 7) is 13.1. The van der Waals surface area contributed by atoms with Crippen molar-refractivity contribution in [3.63, 3.8) is 0 Å². The van der Waals surface area contributed by atoms with Crippen LogP contribution in [-0.2, 0) is 0 Å². The summed E-state index contributed by atoms with van der Waals surface area (Å²) in [7, 11) is 2.24. The van der Waals surface area contributed by atoms with Crippen LogP contribution in [0.2, 0.25) is 0 Å². The Hall–Kier alpha value is -0.0400. The third-order valence-electron chi connectivity index (χ3n) is 2.78. The van der Waals surface area contributed by atoms with E-state index in [0.717, 1.165) is 11.3 Å². The molecule has 0 atom stereocenters. The van der Waals surface area contributed by atoms with Gasteiger partial charge in [-0.3, -0.25) is 0 Å². The van der Waals surface area contributed by atoms with Crippen molar-refractivity contribution in [3.05, 3.63) is 0 Å². The first kappa shape index (κ1) is 13.0. The van der Waals surface area contributed by atoms with E-state index in [1.807, 2.05) is 27.7 Å². The molecule has 0 unspecified atom stereocenters. The van der Waals surface area contributed by atoms with E-state index in [0.29, 0.717) is 0 Å². The summed E-state index contributed by atoms with van der Waals surface area (Å²) in [6, 6.07) is 0. The molecule has 1 saturated carbocycles. The average Bonchev–Trinajstić information content (AvgIpc) is 2.08. The minimum absolute atomic E-state index is 0.720. The van der Waals surface area contributed by atoms with Gasteiger partial charge in [0.1, 0.15) is 0 Å². The van der Waals surface area contributed by atoms with Crippen LogP contribution in [0, 0.1) is 11.3 Å². The zero-order valence-corrected chi connectivity index (χ0v) is 10.4. The number of nitrogens with zero attached hydrogens (tertiary/aromatic N) is 1. The highest BCUT2D eigenvalue weighted by atomic mass is 15.1. The lowest BCUT2D eigenvalue weighted by molar-refractivity contribution is -0.0359. The minimum Gasteiger partial charge on any atom is -0.306 e. The maximum atomic E-state index is 2.47. The first-order valence-electron chi connectivity index (χ1n) is 5.87. The number of rotatable bonds is 0. The molecule has 2 bridgehead atoms. The monoisotopic (exact) mass is 185 g/mol. The van der Waals surface area contributed by atoms with Gasteiger partial charge in [0.2, 0.25) is 0 Å². The smallest absolute Gasteiger partial charge is 0.00326 e. The van der Waals surface area contributed by atoms with Gasteiger partial charge in [-0.25, -0.2) is 0 Å². The summed E-state index contributed by atoms with van der Waals surface area (Å²) < 4.78 is 0.